The number of rotatable bonds is 4. The lowest BCUT2D eigenvalue weighted by molar-refractivity contribution is 1.01. The van der Waals surface area contributed by atoms with Crippen LogP contribution in [0.15, 0.2) is 35.4 Å². The van der Waals surface area contributed by atoms with Gasteiger partial charge in [-0.25, -0.2) is 4.98 Å². The number of aromatic amines is 1. The summed E-state index contributed by atoms with van der Waals surface area (Å²) in [6.07, 6.45) is 4.37. The highest BCUT2D eigenvalue weighted by Crippen LogP contribution is 2.08. The van der Waals surface area contributed by atoms with Gasteiger partial charge in [0.2, 0.25) is 0 Å². The quantitative estimate of drug-likeness (QED) is 0.518. The van der Waals surface area contributed by atoms with Crippen LogP contribution in [-0.2, 0) is 6.42 Å². The number of aromatic nitrogens is 2. The summed E-state index contributed by atoms with van der Waals surface area (Å²) in [5.41, 5.74) is 5.83. The first-order chi connectivity index (χ1) is 9.69. The van der Waals surface area contributed by atoms with Crippen molar-refractivity contribution in [1.82, 2.24) is 15.4 Å². The fourth-order valence-electron chi connectivity index (χ4n) is 1.73. The Morgan fingerprint density at radius 1 is 1.45 bits per heavy atom. The lowest BCUT2D eigenvalue weighted by Crippen LogP contribution is -2.10. The molecule has 0 aliphatic carbocycles. The molecule has 4 nitrogen and oxygen atoms in total. The van der Waals surface area contributed by atoms with Gasteiger partial charge in [0.25, 0.3) is 0 Å². The Balaban J connectivity index is 2.04. The van der Waals surface area contributed by atoms with Crippen molar-refractivity contribution in [3.05, 3.63) is 53.1 Å². The largest absolute Gasteiger partial charge is 0.345 e. The average Bonchev–Trinajstić information content (AvgIpc) is 2.80. The van der Waals surface area contributed by atoms with Gasteiger partial charge in [-0.15, -0.1) is 0 Å². The lowest BCUT2D eigenvalue weighted by atomic mass is 10.1. The maximum atomic E-state index is 5.01. The second-order valence-corrected chi connectivity index (χ2v) is 5.70. The molecule has 1 aromatic heterocycles. The Morgan fingerprint density at radius 3 is 2.90 bits per heavy atom. The van der Waals surface area contributed by atoms with E-state index in [1.807, 2.05) is 31.4 Å². The van der Waals surface area contributed by atoms with E-state index in [1.165, 1.54) is 17.3 Å². The Labute approximate surface area is 128 Å². The Hall–Kier alpha value is -1.66. The molecule has 0 atom stereocenters. The summed E-state index contributed by atoms with van der Waals surface area (Å²) in [5.74, 6) is 0.933. The minimum atomic E-state index is 0.638. The summed E-state index contributed by atoms with van der Waals surface area (Å²) in [6.45, 7) is 1.98. The zero-order valence-corrected chi connectivity index (χ0v) is 13.0. The monoisotopic (exact) mass is 304 g/mol. The topological polar surface area (TPSA) is 53.1 Å². The van der Waals surface area contributed by atoms with Crippen molar-refractivity contribution < 1.29 is 0 Å². The molecular formula is C14H16N4S2. The second-order valence-electron chi connectivity index (χ2n) is 4.22. The van der Waals surface area contributed by atoms with E-state index in [2.05, 4.69) is 32.6 Å². The van der Waals surface area contributed by atoms with E-state index in [0.29, 0.717) is 4.32 Å². The van der Waals surface area contributed by atoms with E-state index in [4.69, 9.17) is 12.2 Å². The van der Waals surface area contributed by atoms with Crippen LogP contribution in [0.3, 0.4) is 0 Å². The third-order valence-electron chi connectivity index (χ3n) is 2.71. The fraction of sp³-hybridized carbons (Fsp3) is 0.214. The van der Waals surface area contributed by atoms with Crippen molar-refractivity contribution in [3.8, 4) is 0 Å². The van der Waals surface area contributed by atoms with Gasteiger partial charge in [-0.2, -0.15) is 5.10 Å². The number of imidazole rings is 1. The van der Waals surface area contributed by atoms with Crippen molar-refractivity contribution in [3.63, 3.8) is 0 Å². The van der Waals surface area contributed by atoms with E-state index in [9.17, 15) is 0 Å². The van der Waals surface area contributed by atoms with Gasteiger partial charge in [-0.1, -0.05) is 54.3 Å². The second kappa shape index (κ2) is 7.21. The summed E-state index contributed by atoms with van der Waals surface area (Å²) in [6, 6.07) is 10.2. The van der Waals surface area contributed by atoms with Crippen LogP contribution >= 0.6 is 24.0 Å². The molecule has 1 aromatic carbocycles. The maximum Gasteiger partial charge on any atom is 0.153 e. The van der Waals surface area contributed by atoms with Crippen LogP contribution in [0.1, 0.15) is 22.8 Å². The molecule has 0 unspecified atom stereocenters. The minimum absolute atomic E-state index is 0.638. The van der Waals surface area contributed by atoms with Crippen LogP contribution in [-0.4, -0.2) is 26.8 Å². The molecule has 2 rings (SSSR count). The van der Waals surface area contributed by atoms with Gasteiger partial charge in [0.15, 0.2) is 4.32 Å². The van der Waals surface area contributed by atoms with Crippen LogP contribution in [0.5, 0.6) is 0 Å². The highest BCUT2D eigenvalue weighted by Gasteiger charge is 2.05. The zero-order chi connectivity index (χ0) is 14.4. The Bertz CT molecular complexity index is 605. The van der Waals surface area contributed by atoms with Gasteiger partial charge in [0.05, 0.1) is 6.21 Å². The number of aryl methyl sites for hydroxylation is 1. The lowest BCUT2D eigenvalue weighted by Gasteiger charge is -1.96. The average molecular weight is 304 g/mol. The number of H-pyrrole nitrogens is 1. The standard InChI is InChI=1S/C14H16N4S2/c1-10-12(9-15-18-14(19)20-2)17-13(16-10)8-11-6-4-3-5-7-11/h3-7,9H,8H2,1-2H3,(H,16,17)(H,18,19). The van der Waals surface area contributed by atoms with Gasteiger partial charge in [-0.3, -0.25) is 5.43 Å². The van der Waals surface area contributed by atoms with Gasteiger partial charge < -0.3 is 4.98 Å². The van der Waals surface area contributed by atoms with E-state index in [-0.39, 0.29) is 0 Å². The maximum absolute atomic E-state index is 5.01. The number of hydrazone groups is 1. The fourth-order valence-corrected chi connectivity index (χ4v) is 1.92. The van der Waals surface area contributed by atoms with Crippen molar-refractivity contribution in [2.75, 3.05) is 6.26 Å². The number of hydrogen-bond acceptors (Lipinski definition) is 4. The highest BCUT2D eigenvalue weighted by molar-refractivity contribution is 8.22. The molecule has 0 bridgehead atoms. The van der Waals surface area contributed by atoms with Crippen LogP contribution < -0.4 is 5.43 Å². The molecule has 0 saturated heterocycles. The molecule has 0 spiro atoms. The first kappa shape index (κ1) is 14.7. The zero-order valence-electron chi connectivity index (χ0n) is 11.4. The molecule has 6 heteroatoms. The van der Waals surface area contributed by atoms with E-state index in [0.717, 1.165) is 23.6 Å². The summed E-state index contributed by atoms with van der Waals surface area (Å²) < 4.78 is 0.638. The first-order valence-corrected chi connectivity index (χ1v) is 7.78. The SMILES string of the molecule is CSC(=S)NN=Cc1nc(Cc2ccccc2)[nH]c1C. The summed E-state index contributed by atoms with van der Waals surface area (Å²) in [4.78, 5) is 7.81. The molecule has 0 aliphatic heterocycles. The number of thiocarbonyl (C=S) groups is 1. The van der Waals surface area contributed by atoms with Crippen molar-refractivity contribution in [2.24, 2.45) is 5.10 Å². The van der Waals surface area contributed by atoms with E-state index >= 15 is 0 Å². The van der Waals surface area contributed by atoms with Crippen LogP contribution in [0.4, 0.5) is 0 Å². The van der Waals surface area contributed by atoms with Gasteiger partial charge in [0.1, 0.15) is 11.5 Å². The smallest absolute Gasteiger partial charge is 0.153 e. The summed E-state index contributed by atoms with van der Waals surface area (Å²) >= 11 is 6.45. The molecule has 0 saturated carbocycles. The molecular weight excluding hydrogens is 288 g/mol. The number of thioether (sulfide) groups is 1. The van der Waals surface area contributed by atoms with Crippen LogP contribution in [0, 0.1) is 6.92 Å². The van der Waals surface area contributed by atoms with Gasteiger partial charge >= 0.3 is 0 Å². The molecule has 1 heterocycles. The molecule has 2 N–H and O–H groups in total. The molecule has 0 radical (unpaired) electrons. The number of nitrogens with one attached hydrogen (secondary N) is 2. The molecule has 0 fully saturated rings. The van der Waals surface area contributed by atoms with Crippen molar-refractivity contribution >= 4 is 34.5 Å². The first-order valence-electron chi connectivity index (χ1n) is 6.15. The predicted octanol–water partition coefficient (Wildman–Crippen LogP) is 2.88. The van der Waals surface area contributed by atoms with E-state index in [1.54, 1.807) is 6.21 Å². The summed E-state index contributed by atoms with van der Waals surface area (Å²) in [5, 5.41) is 4.07. The molecule has 20 heavy (non-hydrogen) atoms. The van der Waals surface area contributed by atoms with Crippen molar-refractivity contribution in [2.45, 2.75) is 13.3 Å². The third kappa shape index (κ3) is 4.18. The molecule has 0 aliphatic rings. The molecule has 2 aromatic rings. The minimum Gasteiger partial charge on any atom is -0.345 e. The summed E-state index contributed by atoms with van der Waals surface area (Å²) in [7, 11) is 0. The third-order valence-corrected chi connectivity index (χ3v) is 3.77. The van der Waals surface area contributed by atoms with E-state index < -0.39 is 0 Å². The number of hydrogen-bond donors (Lipinski definition) is 2. The van der Waals surface area contributed by atoms with Gasteiger partial charge in [-0.05, 0) is 18.7 Å². The molecule has 104 valence electrons. The Kier molecular flexibility index (Phi) is 5.31. The van der Waals surface area contributed by atoms with Crippen LogP contribution in [0.25, 0.3) is 0 Å². The predicted molar refractivity (Wildman–Crippen MR) is 89.4 cm³/mol. The number of nitrogens with zero attached hydrogens (tertiary/aromatic N) is 2. The van der Waals surface area contributed by atoms with Crippen molar-refractivity contribution in [1.29, 1.82) is 0 Å². The highest BCUT2D eigenvalue weighted by atomic mass is 32.2. The van der Waals surface area contributed by atoms with Gasteiger partial charge in [0, 0.05) is 12.1 Å². The normalized spacial score (nSPS) is 10.9. The van der Waals surface area contributed by atoms with Crippen LogP contribution in [0.2, 0.25) is 0 Å². The Morgan fingerprint density at radius 2 is 2.20 bits per heavy atom. The number of benzene rings is 1. The molecule has 0 amide bonds.